The lowest BCUT2D eigenvalue weighted by molar-refractivity contribution is -0.153. The van der Waals surface area contributed by atoms with E-state index in [1.165, 1.54) is 18.0 Å². The molecule has 14 heteroatoms. The zero-order valence-corrected chi connectivity index (χ0v) is 33.9. The number of rotatable bonds is 6. The summed E-state index contributed by atoms with van der Waals surface area (Å²) in [4.78, 5) is 43.0. The molecule has 0 spiro atoms. The third-order valence-electron chi connectivity index (χ3n) is 10.5. The first-order valence-corrected chi connectivity index (χ1v) is 21.2. The minimum Gasteiger partial charge on any atom is -0.491 e. The van der Waals surface area contributed by atoms with Gasteiger partial charge < -0.3 is 19.1 Å². The Kier molecular flexibility index (Phi) is 12.9. The lowest BCUT2D eigenvalue weighted by atomic mass is 9.70. The molecule has 3 heterocycles. The Hall–Kier alpha value is -4.36. The molecule has 0 saturated heterocycles. The molecule has 6 rings (SSSR count). The number of esters is 1. The van der Waals surface area contributed by atoms with Crippen LogP contribution in [0.15, 0.2) is 59.1 Å². The second kappa shape index (κ2) is 17.6. The average molecular weight is 794 g/mol. The molecule has 1 aromatic heterocycles. The number of benzene rings is 2. The van der Waals surface area contributed by atoms with E-state index < -0.39 is 27.8 Å². The van der Waals surface area contributed by atoms with E-state index in [1.54, 1.807) is 25.2 Å². The van der Waals surface area contributed by atoms with Gasteiger partial charge in [-0.05, 0) is 104 Å². The highest BCUT2D eigenvalue weighted by Gasteiger charge is 2.40. The molecular formula is C41H52ClN5O7S. The summed E-state index contributed by atoms with van der Waals surface area (Å²) in [6.07, 6.45) is 10.1. The first-order valence-electron chi connectivity index (χ1n) is 19.1. The van der Waals surface area contributed by atoms with Crippen molar-refractivity contribution in [3.63, 3.8) is 0 Å². The van der Waals surface area contributed by atoms with Gasteiger partial charge in [0.1, 0.15) is 27.3 Å². The Bertz CT molecular complexity index is 2060. The fraction of sp³-hybridized carbons (Fsp3) is 0.512. The van der Waals surface area contributed by atoms with Gasteiger partial charge in [0.2, 0.25) is 5.88 Å². The number of aromatic nitrogens is 2. The predicted molar refractivity (Wildman–Crippen MR) is 213 cm³/mol. The quantitative estimate of drug-likeness (QED) is 0.201. The van der Waals surface area contributed by atoms with Crippen LogP contribution >= 0.6 is 11.6 Å². The van der Waals surface area contributed by atoms with Gasteiger partial charge in [0.15, 0.2) is 0 Å². The topological polar surface area (TPSA) is 141 Å². The van der Waals surface area contributed by atoms with Gasteiger partial charge in [-0.1, -0.05) is 44.5 Å². The number of amides is 2. The van der Waals surface area contributed by atoms with E-state index in [1.807, 2.05) is 45.1 Å². The smallest absolute Gasteiger partial charge is 0.306 e. The predicted octanol–water partition coefficient (Wildman–Crippen LogP) is 7.34. The van der Waals surface area contributed by atoms with Gasteiger partial charge in [-0.2, -0.15) is 0 Å². The van der Waals surface area contributed by atoms with E-state index in [2.05, 4.69) is 25.1 Å². The van der Waals surface area contributed by atoms with Crippen molar-refractivity contribution in [2.45, 2.75) is 78.4 Å². The number of nitrogens with zero attached hydrogens (tertiary/aromatic N) is 4. The zero-order valence-electron chi connectivity index (χ0n) is 32.3. The van der Waals surface area contributed by atoms with Gasteiger partial charge in [-0.15, -0.1) is 9.46 Å². The van der Waals surface area contributed by atoms with Crippen LogP contribution in [0, 0.1) is 23.7 Å². The molecule has 55 heavy (non-hydrogen) atoms. The van der Waals surface area contributed by atoms with Crippen molar-refractivity contribution in [1.82, 2.24) is 14.5 Å². The van der Waals surface area contributed by atoms with E-state index in [0.717, 1.165) is 43.2 Å². The maximum atomic E-state index is 14.7. The largest absolute Gasteiger partial charge is 0.491 e. The summed E-state index contributed by atoms with van der Waals surface area (Å²) in [5.74, 6) is -0.994. The van der Waals surface area contributed by atoms with Crippen LogP contribution in [0.25, 0.3) is 0 Å². The first kappa shape index (κ1) is 40.3. The van der Waals surface area contributed by atoms with Gasteiger partial charge in [-0.3, -0.25) is 23.8 Å². The van der Waals surface area contributed by atoms with Crippen molar-refractivity contribution in [1.29, 1.82) is 0 Å². The second-order valence-corrected chi connectivity index (χ2v) is 17.9. The lowest BCUT2D eigenvalue weighted by Gasteiger charge is -2.43. The first-order chi connectivity index (χ1) is 26.3. The Balaban J connectivity index is 1.46. The van der Waals surface area contributed by atoms with Crippen LogP contribution in [0.3, 0.4) is 0 Å². The normalized spacial score (nSPS) is 25.1. The molecule has 296 valence electrons. The molecule has 0 radical (unpaired) electrons. The van der Waals surface area contributed by atoms with Crippen LogP contribution in [0.5, 0.6) is 11.6 Å². The minimum absolute atomic E-state index is 0.0546. The van der Waals surface area contributed by atoms with Crippen LogP contribution in [-0.2, 0) is 39.5 Å². The number of nitrogens with one attached hydrogen (secondary N) is 1. The van der Waals surface area contributed by atoms with E-state index in [0.29, 0.717) is 49.0 Å². The number of allylic oxidation sites excluding steroid dienone is 1. The standard InChI is InChI=1S/C41H52ClN5O7S/c1-26(2)19-38(48)54-36-11-8-9-27(3)25-55(51,45-40(50)34-24-46(4)43-41(34)52-5)44-39(49)29-14-17-37-35(21-29)47(23-31-13-16-33(31)36)22-30-12-15-32(42)20-28(30)10-6-7-18-53-37/h8,11-12,14-15,17,20-21,24,26-27,31,33,36H,6-7,9-10,13,16,18-19,22-23,25H2,1-5H3,(H,44,45,49,50,51)/b11-8+/t27-,31-,33+,36-,55?/m0/s1. The van der Waals surface area contributed by atoms with E-state index in [4.69, 9.17) is 25.8 Å². The number of hydrogen-bond donors (Lipinski definition) is 1. The Morgan fingerprint density at radius 1 is 1.13 bits per heavy atom. The Labute approximate surface area is 329 Å². The number of aryl methyl sites for hydroxylation is 2. The van der Waals surface area contributed by atoms with Crippen molar-refractivity contribution in [2.24, 2.45) is 35.1 Å². The number of hydrogen-bond acceptors (Lipinski definition) is 9. The van der Waals surface area contributed by atoms with Gasteiger partial charge >= 0.3 is 5.97 Å². The van der Waals surface area contributed by atoms with E-state index >= 15 is 0 Å². The summed E-state index contributed by atoms with van der Waals surface area (Å²) in [6.45, 7) is 7.48. The Morgan fingerprint density at radius 2 is 1.95 bits per heavy atom. The van der Waals surface area contributed by atoms with Crippen LogP contribution < -0.4 is 19.1 Å². The summed E-state index contributed by atoms with van der Waals surface area (Å²) in [5.41, 5.74) is 3.26. The number of ether oxygens (including phenoxy) is 3. The van der Waals surface area contributed by atoms with Gasteiger partial charge in [0.05, 0.1) is 25.2 Å². The number of methoxy groups -OCH3 is 1. The van der Waals surface area contributed by atoms with Crippen LogP contribution in [0.1, 0.15) is 91.1 Å². The van der Waals surface area contributed by atoms with Crippen molar-refractivity contribution in [2.75, 3.05) is 30.9 Å². The molecule has 1 saturated carbocycles. The molecule has 2 amide bonds. The highest BCUT2D eigenvalue weighted by molar-refractivity contribution is 7.92. The molecule has 1 unspecified atom stereocenters. The fourth-order valence-corrected chi connectivity index (χ4v) is 9.63. The van der Waals surface area contributed by atoms with Gasteiger partial charge in [-0.25, -0.2) is 4.21 Å². The van der Waals surface area contributed by atoms with Crippen LogP contribution in [0.4, 0.5) is 5.69 Å². The molecule has 2 aromatic carbocycles. The van der Waals surface area contributed by atoms with Crippen molar-refractivity contribution < 1.29 is 32.8 Å². The molecular weight excluding hydrogens is 742 g/mol. The summed E-state index contributed by atoms with van der Waals surface area (Å²) >= 11 is 6.49. The van der Waals surface area contributed by atoms with Gasteiger partial charge in [0, 0.05) is 49.3 Å². The molecule has 1 aliphatic carbocycles. The maximum absolute atomic E-state index is 14.7. The molecule has 1 fully saturated rings. The number of carbonyl (C=O) groups is 3. The van der Waals surface area contributed by atoms with Crippen molar-refractivity contribution in [3.05, 3.63) is 82.0 Å². The molecule has 1 N–H and O–H groups in total. The van der Waals surface area contributed by atoms with Gasteiger partial charge in [0.25, 0.3) is 11.8 Å². The number of carbonyl (C=O) groups excluding carboxylic acids is 3. The lowest BCUT2D eigenvalue weighted by Crippen LogP contribution is -2.44. The monoisotopic (exact) mass is 793 g/mol. The fourth-order valence-electron chi connectivity index (χ4n) is 7.56. The molecule has 2 bridgehead atoms. The third-order valence-corrected chi connectivity index (χ3v) is 12.7. The number of fused-ring (bicyclic) bond motifs is 3. The maximum Gasteiger partial charge on any atom is 0.306 e. The third kappa shape index (κ3) is 10.1. The van der Waals surface area contributed by atoms with Crippen LogP contribution in [-0.4, -0.2) is 63.9 Å². The zero-order chi connectivity index (χ0) is 39.3. The summed E-state index contributed by atoms with van der Waals surface area (Å²) in [5, 5.41) is 4.82. The summed E-state index contributed by atoms with van der Waals surface area (Å²) in [6, 6.07) is 11.2. The van der Waals surface area contributed by atoms with Crippen molar-refractivity contribution >= 4 is 45.0 Å². The highest BCUT2D eigenvalue weighted by Crippen LogP contribution is 2.42. The van der Waals surface area contributed by atoms with Crippen LogP contribution in [0.2, 0.25) is 5.02 Å². The molecule has 3 aromatic rings. The second-order valence-electron chi connectivity index (χ2n) is 15.5. The molecule has 12 nitrogen and oxygen atoms in total. The molecule has 3 aliphatic rings. The number of halogens is 1. The summed E-state index contributed by atoms with van der Waals surface area (Å²) in [7, 11) is -0.656. The van der Waals surface area contributed by atoms with E-state index in [-0.39, 0.29) is 52.4 Å². The van der Waals surface area contributed by atoms with E-state index in [9.17, 15) is 18.6 Å². The average Bonchev–Trinajstić information content (AvgIpc) is 3.48. The SMILES string of the molecule is COc1nn(C)cc1C(=O)NS1(=O)=NC(=O)c2ccc3c(c2)N(Cc2ccc(Cl)cc2CCCCO3)C[C@@H]2CC[C@H]2[C@@H](OC(=O)CC(C)C)/C=C/C[C@H](C)C1. The molecule has 5 atom stereocenters. The van der Waals surface area contributed by atoms with Crippen molar-refractivity contribution in [3.8, 4) is 11.6 Å². The molecule has 2 aliphatic heterocycles. The minimum atomic E-state index is -3.68. The number of anilines is 1. The Morgan fingerprint density at radius 3 is 2.69 bits per heavy atom. The summed E-state index contributed by atoms with van der Waals surface area (Å²) < 4.78 is 40.8. The highest BCUT2D eigenvalue weighted by atomic mass is 35.5.